The lowest BCUT2D eigenvalue weighted by molar-refractivity contribution is -0.118. The van der Waals surface area contributed by atoms with Crippen LogP contribution >= 0.6 is 23.6 Å². The topological polar surface area (TPSA) is 133 Å². The molecule has 0 aliphatic rings. The Morgan fingerprint density at radius 2 is 1.59 bits per heavy atom. The van der Waals surface area contributed by atoms with Gasteiger partial charge in [0.15, 0.2) is 3.95 Å². The number of aromatic amines is 1. The van der Waals surface area contributed by atoms with Crippen molar-refractivity contribution in [1.29, 1.82) is 0 Å². The van der Waals surface area contributed by atoms with Gasteiger partial charge in [-0.3, -0.25) is 24.7 Å². The molecule has 2 amide bonds. The fraction of sp³-hybridized carbons (Fsp3) is 0.185. The minimum Gasteiger partial charge on any atom is -0.336 e. The fourth-order valence-electron chi connectivity index (χ4n) is 3.66. The van der Waals surface area contributed by atoms with E-state index in [1.54, 1.807) is 54.6 Å². The van der Waals surface area contributed by atoms with Crippen molar-refractivity contribution in [2.75, 3.05) is 10.0 Å². The Labute approximate surface area is 235 Å². The molecule has 3 aromatic carbocycles. The molecule has 0 saturated heterocycles. The molecule has 0 unspecified atom stereocenters. The first-order valence-electron chi connectivity index (χ1n) is 11.9. The maximum Gasteiger partial charge on any atom is 0.261 e. The van der Waals surface area contributed by atoms with Crippen LogP contribution in [0.4, 0.5) is 10.8 Å². The number of hydrogen-bond acceptors (Lipinski definition) is 7. The summed E-state index contributed by atoms with van der Waals surface area (Å²) in [6.45, 7) is 6.16. The Balaban J connectivity index is 1.47. The SMILES string of the molecule is CC(C)(C)c1ccc(S(=O)(=O)Nc2ccc(C(=O)N[C@H](C(=O)Nc3n[nH]c(=S)s3)c3ccccc3)cc2)cc1. The quantitative estimate of drug-likeness (QED) is 0.206. The molecule has 4 N–H and O–H groups in total. The highest BCUT2D eigenvalue weighted by Crippen LogP contribution is 2.25. The van der Waals surface area contributed by atoms with Crippen LogP contribution in [-0.2, 0) is 20.2 Å². The number of amides is 2. The lowest BCUT2D eigenvalue weighted by Gasteiger charge is -2.19. The van der Waals surface area contributed by atoms with Crippen LogP contribution in [0.15, 0.2) is 83.8 Å². The number of aromatic nitrogens is 2. The normalized spacial score (nSPS) is 12.4. The monoisotopic (exact) mass is 581 g/mol. The molecule has 4 aromatic rings. The predicted octanol–water partition coefficient (Wildman–Crippen LogP) is 5.41. The van der Waals surface area contributed by atoms with Crippen molar-refractivity contribution in [1.82, 2.24) is 15.5 Å². The average molecular weight is 582 g/mol. The molecular formula is C27H27N5O4S3. The summed E-state index contributed by atoms with van der Waals surface area (Å²) in [4.78, 5) is 26.2. The number of carbonyl (C=O) groups is 2. The van der Waals surface area contributed by atoms with Crippen LogP contribution in [0.3, 0.4) is 0 Å². The van der Waals surface area contributed by atoms with Crippen molar-refractivity contribution in [2.24, 2.45) is 0 Å². The lowest BCUT2D eigenvalue weighted by atomic mass is 9.87. The summed E-state index contributed by atoms with van der Waals surface area (Å²) < 4.78 is 28.7. The Hall–Kier alpha value is -3.87. The Bertz CT molecular complexity index is 1620. The van der Waals surface area contributed by atoms with E-state index in [-0.39, 0.29) is 21.0 Å². The van der Waals surface area contributed by atoms with Crippen molar-refractivity contribution in [3.63, 3.8) is 0 Å². The number of carbonyl (C=O) groups excluding carboxylic acids is 2. The van der Waals surface area contributed by atoms with Crippen molar-refractivity contribution < 1.29 is 18.0 Å². The summed E-state index contributed by atoms with van der Waals surface area (Å²) in [5.74, 6) is -1.00. The Kier molecular flexibility index (Phi) is 8.28. The number of hydrogen-bond donors (Lipinski definition) is 4. The number of nitrogens with one attached hydrogen (secondary N) is 4. The predicted molar refractivity (Wildman–Crippen MR) is 155 cm³/mol. The van der Waals surface area contributed by atoms with Crippen molar-refractivity contribution in [3.8, 4) is 0 Å². The Morgan fingerprint density at radius 1 is 0.949 bits per heavy atom. The molecule has 9 nitrogen and oxygen atoms in total. The highest BCUT2D eigenvalue weighted by Gasteiger charge is 2.24. The second-order valence-electron chi connectivity index (χ2n) is 9.68. The van der Waals surface area contributed by atoms with E-state index in [1.165, 1.54) is 24.3 Å². The van der Waals surface area contributed by atoms with Crippen molar-refractivity contribution in [2.45, 2.75) is 37.1 Å². The highest BCUT2D eigenvalue weighted by molar-refractivity contribution is 7.92. The fourth-order valence-corrected chi connectivity index (χ4v) is 5.51. The zero-order valence-corrected chi connectivity index (χ0v) is 23.8. The molecule has 0 bridgehead atoms. The van der Waals surface area contributed by atoms with Gasteiger partial charge in [-0.15, -0.1) is 5.10 Å². The molecule has 202 valence electrons. The molecule has 0 aliphatic heterocycles. The minimum atomic E-state index is -3.82. The van der Waals surface area contributed by atoms with Crippen LogP contribution in [0, 0.1) is 3.95 Å². The van der Waals surface area contributed by atoms with Gasteiger partial charge in [0.05, 0.1) is 4.90 Å². The zero-order chi connectivity index (χ0) is 28.2. The van der Waals surface area contributed by atoms with Gasteiger partial charge in [0.25, 0.3) is 21.8 Å². The van der Waals surface area contributed by atoms with E-state index >= 15 is 0 Å². The number of anilines is 2. The van der Waals surface area contributed by atoms with E-state index in [0.717, 1.165) is 16.9 Å². The first-order valence-corrected chi connectivity index (χ1v) is 14.6. The van der Waals surface area contributed by atoms with Gasteiger partial charge in [-0.2, -0.15) is 0 Å². The van der Waals surface area contributed by atoms with Gasteiger partial charge in [0.2, 0.25) is 5.13 Å². The molecule has 1 heterocycles. The maximum atomic E-state index is 13.1. The van der Waals surface area contributed by atoms with E-state index in [0.29, 0.717) is 15.2 Å². The van der Waals surface area contributed by atoms with E-state index < -0.39 is 27.9 Å². The summed E-state index contributed by atoms with van der Waals surface area (Å²) in [6, 6.07) is 20.4. The number of rotatable bonds is 8. The van der Waals surface area contributed by atoms with Gasteiger partial charge in [-0.1, -0.05) is 74.6 Å². The van der Waals surface area contributed by atoms with Gasteiger partial charge in [-0.05, 0) is 65.2 Å². The van der Waals surface area contributed by atoms with Crippen LogP contribution in [0.25, 0.3) is 0 Å². The van der Waals surface area contributed by atoms with Gasteiger partial charge >= 0.3 is 0 Å². The van der Waals surface area contributed by atoms with E-state index in [9.17, 15) is 18.0 Å². The second kappa shape index (κ2) is 11.5. The third-order valence-corrected chi connectivity index (χ3v) is 8.17. The first-order chi connectivity index (χ1) is 18.4. The van der Waals surface area contributed by atoms with Crippen LogP contribution in [0.1, 0.15) is 48.3 Å². The molecule has 4 rings (SSSR count). The van der Waals surface area contributed by atoms with E-state index in [4.69, 9.17) is 12.2 Å². The first kappa shape index (κ1) is 28.1. The van der Waals surface area contributed by atoms with Crippen molar-refractivity contribution in [3.05, 3.63) is 99.5 Å². The molecule has 1 aromatic heterocycles. The summed E-state index contributed by atoms with van der Waals surface area (Å²) >= 11 is 6.10. The van der Waals surface area contributed by atoms with Crippen LogP contribution < -0.4 is 15.4 Å². The highest BCUT2D eigenvalue weighted by atomic mass is 32.2. The largest absolute Gasteiger partial charge is 0.336 e. The maximum absolute atomic E-state index is 13.1. The van der Waals surface area contributed by atoms with Gasteiger partial charge in [0, 0.05) is 11.3 Å². The van der Waals surface area contributed by atoms with E-state index in [1.807, 2.05) is 0 Å². The Morgan fingerprint density at radius 3 is 2.15 bits per heavy atom. The molecular weight excluding hydrogens is 555 g/mol. The van der Waals surface area contributed by atoms with Crippen LogP contribution in [-0.4, -0.2) is 30.4 Å². The summed E-state index contributed by atoms with van der Waals surface area (Å²) in [5, 5.41) is 12.2. The molecule has 39 heavy (non-hydrogen) atoms. The molecule has 0 spiro atoms. The standard InChI is InChI=1S/C27H27N5O4S3/c1-27(2,3)19-11-15-21(16-12-19)39(35,36)32-20-13-9-18(10-14-20)23(33)28-22(17-7-5-4-6-8-17)24(34)29-25-30-31-26(37)38-25/h4-16,22,32H,1-3H3,(H,28,33)(H,31,37)(H,29,30,34)/t22-/m0/s1. The van der Waals surface area contributed by atoms with Gasteiger partial charge in [0.1, 0.15) is 6.04 Å². The van der Waals surface area contributed by atoms with Crippen molar-refractivity contribution >= 4 is 56.2 Å². The van der Waals surface area contributed by atoms with E-state index in [2.05, 4.69) is 46.3 Å². The minimum absolute atomic E-state index is 0.0966. The summed E-state index contributed by atoms with van der Waals surface area (Å²) in [7, 11) is -3.82. The average Bonchev–Trinajstić information content (AvgIpc) is 3.31. The molecule has 0 fully saturated rings. The molecule has 1 atom stereocenters. The number of sulfonamides is 1. The molecule has 0 saturated carbocycles. The number of nitrogens with zero attached hydrogens (tertiary/aromatic N) is 1. The summed E-state index contributed by atoms with van der Waals surface area (Å²) in [6.07, 6.45) is 0. The van der Waals surface area contributed by atoms with Crippen LogP contribution in [0.2, 0.25) is 0 Å². The third kappa shape index (κ3) is 7.16. The van der Waals surface area contributed by atoms with Gasteiger partial charge in [-0.25, -0.2) is 8.42 Å². The second-order valence-corrected chi connectivity index (χ2v) is 13.0. The smallest absolute Gasteiger partial charge is 0.261 e. The zero-order valence-electron chi connectivity index (χ0n) is 21.4. The van der Waals surface area contributed by atoms with Gasteiger partial charge < -0.3 is 5.32 Å². The number of benzene rings is 3. The van der Waals surface area contributed by atoms with Crippen LogP contribution in [0.5, 0.6) is 0 Å². The molecule has 0 radical (unpaired) electrons. The molecule has 12 heteroatoms. The number of H-pyrrole nitrogens is 1. The molecule has 0 aliphatic carbocycles. The third-order valence-electron chi connectivity index (χ3n) is 5.77. The lowest BCUT2D eigenvalue weighted by Crippen LogP contribution is -2.37. The summed E-state index contributed by atoms with van der Waals surface area (Å²) in [5.41, 5.74) is 2.04.